The zero-order valence-corrected chi connectivity index (χ0v) is 12.0. The van der Waals surface area contributed by atoms with E-state index in [4.69, 9.17) is 0 Å². The molecule has 0 unspecified atom stereocenters. The van der Waals surface area contributed by atoms with Gasteiger partial charge >= 0.3 is 0 Å². The molecule has 2 aliphatic rings. The fourth-order valence-electron chi connectivity index (χ4n) is 2.51. The van der Waals surface area contributed by atoms with Crippen molar-refractivity contribution in [2.75, 3.05) is 6.54 Å². The Morgan fingerprint density at radius 2 is 2.06 bits per heavy atom. The van der Waals surface area contributed by atoms with Crippen molar-refractivity contribution in [2.45, 2.75) is 25.7 Å². The minimum atomic E-state index is 0.0816. The maximum atomic E-state index is 12.0. The van der Waals surface area contributed by atoms with E-state index in [1.165, 1.54) is 37.0 Å². The Morgan fingerprint density at radius 3 is 2.53 bits per heavy atom. The van der Waals surface area contributed by atoms with Gasteiger partial charge < -0.3 is 5.32 Å². The van der Waals surface area contributed by atoms with Crippen LogP contribution in [0.3, 0.4) is 0 Å². The Balaban J connectivity index is 1.56. The van der Waals surface area contributed by atoms with Crippen molar-refractivity contribution in [1.29, 1.82) is 0 Å². The van der Waals surface area contributed by atoms with Crippen LogP contribution in [0.25, 0.3) is 0 Å². The number of carbonyl (C=O) groups is 1. The molecule has 1 aromatic heterocycles. The van der Waals surface area contributed by atoms with Crippen LogP contribution in [0.2, 0.25) is 0 Å². The average Bonchev–Trinajstić information content (AvgIpc) is 3.20. The van der Waals surface area contributed by atoms with Gasteiger partial charge in [0.15, 0.2) is 0 Å². The summed E-state index contributed by atoms with van der Waals surface area (Å²) in [7, 11) is 0. The number of amides is 1. The van der Waals surface area contributed by atoms with Crippen LogP contribution in [-0.4, -0.2) is 12.5 Å². The standard InChI is InChI=1S/C13H16BrNOS/c14-11-5-6-17-12(11)13(16)15-7-10(8-1-2-8)9-3-4-9/h5-6,8-10H,1-4,7H2,(H,15,16). The van der Waals surface area contributed by atoms with Crippen LogP contribution in [0, 0.1) is 17.8 Å². The molecule has 2 saturated carbocycles. The molecule has 2 nitrogen and oxygen atoms in total. The number of hydrogen-bond donors (Lipinski definition) is 1. The van der Waals surface area contributed by atoms with Gasteiger partial charge in [-0.15, -0.1) is 11.3 Å². The summed E-state index contributed by atoms with van der Waals surface area (Å²) in [4.78, 5) is 12.8. The second-order valence-electron chi connectivity index (χ2n) is 5.15. The summed E-state index contributed by atoms with van der Waals surface area (Å²) in [5.41, 5.74) is 0. The quantitative estimate of drug-likeness (QED) is 0.882. The van der Waals surface area contributed by atoms with Crippen LogP contribution in [-0.2, 0) is 0 Å². The summed E-state index contributed by atoms with van der Waals surface area (Å²) < 4.78 is 0.911. The third-order valence-electron chi connectivity index (χ3n) is 3.78. The van der Waals surface area contributed by atoms with Gasteiger partial charge in [-0.2, -0.15) is 0 Å². The zero-order valence-electron chi connectivity index (χ0n) is 9.62. The van der Waals surface area contributed by atoms with E-state index in [2.05, 4.69) is 21.2 Å². The molecule has 1 heterocycles. The van der Waals surface area contributed by atoms with Gasteiger partial charge in [-0.25, -0.2) is 0 Å². The van der Waals surface area contributed by atoms with Crippen molar-refractivity contribution in [3.8, 4) is 0 Å². The smallest absolute Gasteiger partial charge is 0.262 e. The van der Waals surface area contributed by atoms with E-state index in [-0.39, 0.29) is 5.91 Å². The van der Waals surface area contributed by atoms with Gasteiger partial charge in [0.05, 0.1) is 0 Å². The van der Waals surface area contributed by atoms with Crippen molar-refractivity contribution in [3.63, 3.8) is 0 Å². The minimum Gasteiger partial charge on any atom is -0.351 e. The first kappa shape index (κ1) is 11.7. The first-order valence-corrected chi connectivity index (χ1v) is 7.94. The minimum absolute atomic E-state index is 0.0816. The molecule has 2 aliphatic carbocycles. The Kier molecular flexibility index (Phi) is 3.26. The normalized spacial score (nSPS) is 19.6. The predicted molar refractivity (Wildman–Crippen MR) is 73.3 cm³/mol. The van der Waals surface area contributed by atoms with Crippen molar-refractivity contribution >= 4 is 33.2 Å². The number of thiophene rings is 1. The van der Waals surface area contributed by atoms with E-state index < -0.39 is 0 Å². The van der Waals surface area contributed by atoms with Gasteiger partial charge in [-0.1, -0.05) is 0 Å². The number of hydrogen-bond acceptors (Lipinski definition) is 2. The van der Waals surface area contributed by atoms with Gasteiger partial charge in [0.2, 0.25) is 0 Å². The van der Waals surface area contributed by atoms with Gasteiger partial charge in [-0.05, 0) is 70.8 Å². The number of halogens is 1. The molecule has 1 N–H and O–H groups in total. The van der Waals surface area contributed by atoms with Gasteiger partial charge in [0.1, 0.15) is 4.88 Å². The fourth-order valence-corrected chi connectivity index (χ4v) is 3.98. The van der Waals surface area contributed by atoms with Crippen molar-refractivity contribution in [2.24, 2.45) is 17.8 Å². The topological polar surface area (TPSA) is 29.1 Å². The molecule has 0 bridgehead atoms. The second kappa shape index (κ2) is 4.73. The Labute approximate surface area is 114 Å². The van der Waals surface area contributed by atoms with Gasteiger partial charge in [0.25, 0.3) is 5.91 Å². The van der Waals surface area contributed by atoms with E-state index in [1.807, 2.05) is 11.4 Å². The molecule has 0 saturated heterocycles. The Morgan fingerprint density at radius 1 is 1.41 bits per heavy atom. The molecule has 0 aromatic carbocycles. The van der Waals surface area contributed by atoms with Crippen LogP contribution in [0.4, 0.5) is 0 Å². The fraction of sp³-hybridized carbons (Fsp3) is 0.615. The van der Waals surface area contributed by atoms with Crippen molar-refractivity contribution in [3.05, 3.63) is 20.8 Å². The summed E-state index contributed by atoms with van der Waals surface area (Å²) in [6, 6.07) is 1.93. The third kappa shape index (κ3) is 2.74. The number of nitrogens with one attached hydrogen (secondary N) is 1. The monoisotopic (exact) mass is 313 g/mol. The highest BCUT2D eigenvalue weighted by molar-refractivity contribution is 9.10. The lowest BCUT2D eigenvalue weighted by molar-refractivity contribution is 0.0947. The first-order valence-electron chi connectivity index (χ1n) is 6.27. The number of rotatable bonds is 5. The second-order valence-corrected chi connectivity index (χ2v) is 6.92. The lowest BCUT2D eigenvalue weighted by Gasteiger charge is -2.15. The summed E-state index contributed by atoms with van der Waals surface area (Å²) in [6.45, 7) is 0.874. The van der Waals surface area contributed by atoms with Crippen LogP contribution >= 0.6 is 27.3 Å². The molecule has 0 aliphatic heterocycles. The van der Waals surface area contributed by atoms with Crippen molar-refractivity contribution in [1.82, 2.24) is 5.32 Å². The molecular formula is C13H16BrNOS. The van der Waals surface area contributed by atoms with Gasteiger partial charge in [-0.3, -0.25) is 4.79 Å². The molecule has 3 rings (SSSR count). The maximum absolute atomic E-state index is 12.0. The Hall–Kier alpha value is -0.350. The van der Waals surface area contributed by atoms with E-state index >= 15 is 0 Å². The molecule has 17 heavy (non-hydrogen) atoms. The lowest BCUT2D eigenvalue weighted by atomic mass is 9.98. The van der Waals surface area contributed by atoms with E-state index in [9.17, 15) is 4.79 Å². The maximum Gasteiger partial charge on any atom is 0.262 e. The van der Waals surface area contributed by atoms with Crippen molar-refractivity contribution < 1.29 is 4.79 Å². The zero-order chi connectivity index (χ0) is 11.8. The molecule has 0 radical (unpaired) electrons. The predicted octanol–water partition coefficient (Wildman–Crippen LogP) is 3.68. The van der Waals surface area contributed by atoms with E-state index in [0.29, 0.717) is 0 Å². The Bertz CT molecular complexity index is 411. The molecular weight excluding hydrogens is 298 g/mol. The van der Waals surface area contributed by atoms with Gasteiger partial charge in [0, 0.05) is 11.0 Å². The molecule has 0 spiro atoms. The molecule has 1 amide bonds. The average molecular weight is 314 g/mol. The highest BCUT2D eigenvalue weighted by Gasteiger charge is 2.41. The summed E-state index contributed by atoms with van der Waals surface area (Å²) >= 11 is 4.90. The van der Waals surface area contributed by atoms with Crippen LogP contribution < -0.4 is 5.32 Å². The molecule has 4 heteroatoms. The highest BCUT2D eigenvalue weighted by atomic mass is 79.9. The number of carbonyl (C=O) groups excluding carboxylic acids is 1. The van der Waals surface area contributed by atoms with E-state index in [0.717, 1.165) is 33.6 Å². The summed E-state index contributed by atoms with van der Waals surface area (Å²) in [5.74, 6) is 2.63. The van der Waals surface area contributed by atoms with Crippen LogP contribution in [0.15, 0.2) is 15.9 Å². The molecule has 0 atom stereocenters. The summed E-state index contributed by atoms with van der Waals surface area (Å²) in [6.07, 6.45) is 5.50. The third-order valence-corrected chi connectivity index (χ3v) is 5.61. The highest BCUT2D eigenvalue weighted by Crippen LogP contribution is 2.48. The SMILES string of the molecule is O=C(NCC(C1CC1)C1CC1)c1sccc1Br. The van der Waals surface area contributed by atoms with E-state index in [1.54, 1.807) is 0 Å². The largest absolute Gasteiger partial charge is 0.351 e. The molecule has 1 aromatic rings. The summed E-state index contributed by atoms with van der Waals surface area (Å²) in [5, 5.41) is 5.05. The lowest BCUT2D eigenvalue weighted by Crippen LogP contribution is -2.30. The first-order chi connectivity index (χ1) is 8.25. The van der Waals surface area contributed by atoms with Crippen LogP contribution in [0.1, 0.15) is 35.4 Å². The molecule has 2 fully saturated rings. The molecule has 92 valence electrons. The van der Waals surface area contributed by atoms with Crippen LogP contribution in [0.5, 0.6) is 0 Å².